The number of hydrazine groups is 1. The quantitative estimate of drug-likeness (QED) is 0.621. The molecule has 0 spiro atoms. The van der Waals surface area contributed by atoms with Crippen molar-refractivity contribution in [3.05, 3.63) is 41.7 Å². The van der Waals surface area contributed by atoms with Crippen LogP contribution in [0.5, 0.6) is 0 Å². The summed E-state index contributed by atoms with van der Waals surface area (Å²) in [5, 5.41) is 0. The lowest BCUT2D eigenvalue weighted by atomic mass is 10.2. The van der Waals surface area contributed by atoms with E-state index in [9.17, 15) is 9.18 Å². The summed E-state index contributed by atoms with van der Waals surface area (Å²) in [6.07, 6.45) is 5.79. The number of benzene rings is 1. The number of rotatable bonds is 4. The SMILES string of the molecule is Cc1cc(F)ccc1NNC(=O)C=CC1CC1. The van der Waals surface area contributed by atoms with E-state index in [0.29, 0.717) is 11.6 Å². The third-order valence-electron chi connectivity index (χ3n) is 2.65. The largest absolute Gasteiger partial charge is 0.298 e. The molecule has 4 heteroatoms. The molecular formula is C13H15FN2O. The van der Waals surface area contributed by atoms with Crippen LogP contribution in [0.1, 0.15) is 18.4 Å². The Labute approximate surface area is 99.7 Å². The molecule has 1 aromatic carbocycles. The molecular weight excluding hydrogens is 219 g/mol. The number of anilines is 1. The van der Waals surface area contributed by atoms with Gasteiger partial charge in [0, 0.05) is 6.08 Å². The fraction of sp³-hybridized carbons (Fsp3) is 0.308. The molecule has 3 nitrogen and oxygen atoms in total. The van der Waals surface area contributed by atoms with Crippen molar-refractivity contribution in [2.75, 3.05) is 5.43 Å². The highest BCUT2D eigenvalue weighted by Crippen LogP contribution is 2.29. The van der Waals surface area contributed by atoms with Gasteiger partial charge in [-0.1, -0.05) is 6.08 Å². The normalized spacial score (nSPS) is 14.9. The lowest BCUT2D eigenvalue weighted by molar-refractivity contribution is -0.116. The third kappa shape index (κ3) is 3.59. The predicted octanol–water partition coefficient (Wildman–Crippen LogP) is 2.54. The smallest absolute Gasteiger partial charge is 0.262 e. The van der Waals surface area contributed by atoms with Gasteiger partial charge in [-0.3, -0.25) is 15.6 Å². The Balaban J connectivity index is 1.86. The van der Waals surface area contributed by atoms with Gasteiger partial charge in [-0.25, -0.2) is 4.39 Å². The van der Waals surface area contributed by atoms with Gasteiger partial charge in [0.05, 0.1) is 5.69 Å². The molecule has 0 aromatic heterocycles. The van der Waals surface area contributed by atoms with Gasteiger partial charge < -0.3 is 0 Å². The van der Waals surface area contributed by atoms with Crippen LogP contribution in [0.2, 0.25) is 0 Å². The van der Waals surface area contributed by atoms with Crippen molar-refractivity contribution in [2.45, 2.75) is 19.8 Å². The van der Waals surface area contributed by atoms with Crippen molar-refractivity contribution in [1.82, 2.24) is 5.43 Å². The molecule has 0 unspecified atom stereocenters. The van der Waals surface area contributed by atoms with E-state index in [1.54, 1.807) is 13.0 Å². The maximum Gasteiger partial charge on any atom is 0.262 e. The van der Waals surface area contributed by atoms with Crippen molar-refractivity contribution < 1.29 is 9.18 Å². The zero-order chi connectivity index (χ0) is 12.3. The van der Waals surface area contributed by atoms with Crippen molar-refractivity contribution >= 4 is 11.6 Å². The van der Waals surface area contributed by atoms with Crippen LogP contribution in [0.3, 0.4) is 0 Å². The van der Waals surface area contributed by atoms with Crippen LogP contribution < -0.4 is 10.9 Å². The maximum atomic E-state index is 12.8. The minimum Gasteiger partial charge on any atom is -0.298 e. The summed E-state index contributed by atoms with van der Waals surface area (Å²) >= 11 is 0. The van der Waals surface area contributed by atoms with E-state index >= 15 is 0 Å². The number of nitrogens with one attached hydrogen (secondary N) is 2. The van der Waals surface area contributed by atoms with Gasteiger partial charge in [0.15, 0.2) is 0 Å². The fourth-order valence-electron chi connectivity index (χ4n) is 1.45. The van der Waals surface area contributed by atoms with Gasteiger partial charge in [0.1, 0.15) is 5.82 Å². The summed E-state index contributed by atoms with van der Waals surface area (Å²) in [5.41, 5.74) is 6.75. The Hall–Kier alpha value is -1.84. The van der Waals surface area contributed by atoms with Gasteiger partial charge in [-0.05, 0) is 49.4 Å². The standard InChI is InChI=1S/C13H15FN2O/c1-9-8-11(14)5-6-12(9)15-16-13(17)7-4-10-2-3-10/h4-8,10,15H,2-3H2,1H3,(H,16,17). The molecule has 17 heavy (non-hydrogen) atoms. The first-order valence-corrected chi connectivity index (χ1v) is 5.65. The first-order valence-electron chi connectivity index (χ1n) is 5.65. The fourth-order valence-corrected chi connectivity index (χ4v) is 1.45. The molecule has 0 aliphatic heterocycles. The average molecular weight is 234 g/mol. The van der Waals surface area contributed by atoms with E-state index in [4.69, 9.17) is 0 Å². The van der Waals surface area contributed by atoms with Crippen LogP contribution in [0.15, 0.2) is 30.4 Å². The van der Waals surface area contributed by atoms with E-state index in [-0.39, 0.29) is 11.7 Å². The minimum absolute atomic E-state index is 0.194. The van der Waals surface area contributed by atoms with E-state index < -0.39 is 0 Å². The van der Waals surface area contributed by atoms with E-state index in [1.165, 1.54) is 31.1 Å². The van der Waals surface area contributed by atoms with Crippen LogP contribution in [0.25, 0.3) is 0 Å². The van der Waals surface area contributed by atoms with Gasteiger partial charge in [-0.15, -0.1) is 0 Å². The van der Waals surface area contributed by atoms with E-state index in [1.807, 2.05) is 6.08 Å². The molecule has 1 saturated carbocycles. The molecule has 90 valence electrons. The Morgan fingerprint density at radius 2 is 2.24 bits per heavy atom. The molecule has 0 radical (unpaired) electrons. The second kappa shape index (κ2) is 4.99. The summed E-state index contributed by atoms with van der Waals surface area (Å²) in [5.74, 6) is 0.0990. The molecule has 2 N–H and O–H groups in total. The highest BCUT2D eigenvalue weighted by atomic mass is 19.1. The molecule has 0 saturated heterocycles. The van der Waals surface area contributed by atoms with Crippen LogP contribution in [0.4, 0.5) is 10.1 Å². The molecule has 2 rings (SSSR count). The predicted molar refractivity (Wildman–Crippen MR) is 64.8 cm³/mol. The average Bonchev–Trinajstić information content (AvgIpc) is 3.09. The Morgan fingerprint density at radius 3 is 2.88 bits per heavy atom. The summed E-state index contributed by atoms with van der Waals surface area (Å²) in [7, 11) is 0. The molecule has 1 fully saturated rings. The lowest BCUT2D eigenvalue weighted by Crippen LogP contribution is -2.27. The maximum absolute atomic E-state index is 12.8. The molecule has 0 bridgehead atoms. The Bertz CT molecular complexity index is 453. The highest BCUT2D eigenvalue weighted by Gasteiger charge is 2.17. The second-order valence-electron chi connectivity index (χ2n) is 4.27. The van der Waals surface area contributed by atoms with Crippen LogP contribution >= 0.6 is 0 Å². The zero-order valence-electron chi connectivity index (χ0n) is 9.66. The third-order valence-corrected chi connectivity index (χ3v) is 2.65. The van der Waals surface area contributed by atoms with Gasteiger partial charge in [-0.2, -0.15) is 0 Å². The number of allylic oxidation sites excluding steroid dienone is 1. The van der Waals surface area contributed by atoms with E-state index in [0.717, 1.165) is 5.56 Å². The topological polar surface area (TPSA) is 41.1 Å². The second-order valence-corrected chi connectivity index (χ2v) is 4.27. The number of carbonyl (C=O) groups excluding carboxylic acids is 1. The molecule has 0 heterocycles. The summed E-state index contributed by atoms with van der Waals surface area (Å²) in [6, 6.07) is 4.35. The molecule has 1 aromatic rings. The number of halogens is 1. The van der Waals surface area contributed by atoms with Crippen molar-refractivity contribution in [3.63, 3.8) is 0 Å². The lowest BCUT2D eigenvalue weighted by Gasteiger charge is -2.09. The summed E-state index contributed by atoms with van der Waals surface area (Å²) in [6.45, 7) is 1.78. The Morgan fingerprint density at radius 1 is 1.47 bits per heavy atom. The first kappa shape index (κ1) is 11.6. The van der Waals surface area contributed by atoms with Gasteiger partial charge >= 0.3 is 0 Å². The van der Waals surface area contributed by atoms with Gasteiger partial charge in [0.2, 0.25) is 0 Å². The monoisotopic (exact) mass is 234 g/mol. The number of hydrogen-bond acceptors (Lipinski definition) is 2. The summed E-state index contributed by atoms with van der Waals surface area (Å²) < 4.78 is 12.8. The molecule has 1 amide bonds. The summed E-state index contributed by atoms with van der Waals surface area (Å²) in [4.78, 5) is 11.4. The minimum atomic E-state index is -0.284. The number of amides is 1. The van der Waals surface area contributed by atoms with Crippen molar-refractivity contribution in [2.24, 2.45) is 5.92 Å². The molecule has 1 aliphatic rings. The number of hydrogen-bond donors (Lipinski definition) is 2. The highest BCUT2D eigenvalue weighted by molar-refractivity contribution is 5.88. The number of carbonyl (C=O) groups is 1. The Kier molecular flexibility index (Phi) is 3.42. The van der Waals surface area contributed by atoms with Crippen LogP contribution in [0, 0.1) is 18.7 Å². The van der Waals surface area contributed by atoms with Gasteiger partial charge in [0.25, 0.3) is 5.91 Å². The van der Waals surface area contributed by atoms with Crippen LogP contribution in [-0.2, 0) is 4.79 Å². The van der Waals surface area contributed by atoms with Crippen molar-refractivity contribution in [1.29, 1.82) is 0 Å². The van der Waals surface area contributed by atoms with Crippen LogP contribution in [-0.4, -0.2) is 5.91 Å². The molecule has 0 atom stereocenters. The first-order chi connectivity index (χ1) is 8.15. The zero-order valence-corrected chi connectivity index (χ0v) is 9.66. The van der Waals surface area contributed by atoms with E-state index in [2.05, 4.69) is 10.9 Å². The van der Waals surface area contributed by atoms with Crippen molar-refractivity contribution in [3.8, 4) is 0 Å². The number of aryl methyl sites for hydroxylation is 1. The molecule has 1 aliphatic carbocycles.